The highest BCUT2D eigenvalue weighted by atomic mass is 31.2. The molecular formula is C81H158O17P2. The summed E-state index contributed by atoms with van der Waals surface area (Å²) >= 11 is 0. The van der Waals surface area contributed by atoms with Crippen LogP contribution in [0.4, 0.5) is 0 Å². The molecule has 0 aromatic heterocycles. The molecule has 3 N–H and O–H groups in total. The molecule has 0 aliphatic rings. The number of unbranched alkanes of at least 4 members (excludes halogenated alkanes) is 56. The highest BCUT2D eigenvalue weighted by Gasteiger charge is 2.30. The lowest BCUT2D eigenvalue weighted by atomic mass is 10.0. The van der Waals surface area contributed by atoms with Gasteiger partial charge in [-0.15, -0.1) is 0 Å². The third-order valence-electron chi connectivity index (χ3n) is 19.1. The number of phosphoric ester groups is 2. The van der Waals surface area contributed by atoms with Crippen molar-refractivity contribution < 1.29 is 80.2 Å². The minimum atomic E-state index is -4.96. The van der Waals surface area contributed by atoms with E-state index in [9.17, 15) is 43.2 Å². The topological polar surface area (TPSA) is 237 Å². The summed E-state index contributed by atoms with van der Waals surface area (Å²) in [5, 5.41) is 10.6. The van der Waals surface area contributed by atoms with E-state index in [0.29, 0.717) is 25.7 Å². The predicted molar refractivity (Wildman–Crippen MR) is 409 cm³/mol. The van der Waals surface area contributed by atoms with Crippen LogP contribution in [0.2, 0.25) is 0 Å². The Labute approximate surface area is 613 Å². The zero-order valence-corrected chi connectivity index (χ0v) is 67.0. The van der Waals surface area contributed by atoms with Crippen LogP contribution in [0.3, 0.4) is 0 Å². The molecule has 0 aliphatic carbocycles. The summed E-state index contributed by atoms with van der Waals surface area (Å²) in [4.78, 5) is 73.0. The van der Waals surface area contributed by atoms with Gasteiger partial charge in [0, 0.05) is 25.7 Å². The highest BCUT2D eigenvalue weighted by molar-refractivity contribution is 7.47. The zero-order valence-electron chi connectivity index (χ0n) is 65.2. The first-order valence-corrected chi connectivity index (χ1v) is 45.3. The molecule has 0 aromatic carbocycles. The maximum atomic E-state index is 13.1. The number of carbonyl (C=O) groups is 4. The van der Waals surface area contributed by atoms with Crippen LogP contribution in [-0.4, -0.2) is 96.7 Å². The number of carbonyl (C=O) groups excluding carboxylic acids is 4. The standard InChI is InChI=1S/C81H158O17P2/c1-5-9-13-17-21-25-29-33-34-35-36-37-38-39-40-41-44-48-52-56-60-64-68-81(86)98-77(72-92-79(84)66-62-58-54-50-46-42-30-26-22-18-14-10-6-2)74-96-100(89,90)94-70-75(82)69-93-99(87,88)95-73-76(71-91-78(83)65-61-57-53-49-45-32-28-24-20-16-12-8-4)97-80(85)67-63-59-55-51-47-43-31-27-23-19-15-11-7-3/h75-77,82H,5-74H2,1-4H3,(H,87,88)(H,89,90)/t75-,76+,77+/m0/s1. The second-order valence-electron chi connectivity index (χ2n) is 29.2. The minimum Gasteiger partial charge on any atom is -0.462 e. The van der Waals surface area contributed by atoms with E-state index in [2.05, 4.69) is 27.7 Å². The monoisotopic (exact) mass is 1470 g/mol. The fourth-order valence-electron chi connectivity index (χ4n) is 12.6. The van der Waals surface area contributed by atoms with Gasteiger partial charge in [0.05, 0.1) is 26.4 Å². The third-order valence-corrected chi connectivity index (χ3v) is 21.0. The number of aliphatic hydroxyl groups excluding tert-OH is 1. The fourth-order valence-corrected chi connectivity index (χ4v) is 14.2. The number of ether oxygens (including phenoxy) is 4. The first-order chi connectivity index (χ1) is 48.7. The number of esters is 4. The van der Waals surface area contributed by atoms with Gasteiger partial charge in [-0.2, -0.15) is 0 Å². The van der Waals surface area contributed by atoms with Crippen molar-refractivity contribution in [3.63, 3.8) is 0 Å². The molecular weight excluding hydrogens is 1310 g/mol. The van der Waals surface area contributed by atoms with Gasteiger partial charge in [0.2, 0.25) is 0 Å². The summed E-state index contributed by atoms with van der Waals surface area (Å²) in [7, 11) is -9.92. The van der Waals surface area contributed by atoms with Crippen LogP contribution in [0.25, 0.3) is 0 Å². The number of aliphatic hydroxyl groups is 1. The lowest BCUT2D eigenvalue weighted by Crippen LogP contribution is -2.30. The number of rotatable bonds is 82. The van der Waals surface area contributed by atoms with E-state index in [-0.39, 0.29) is 25.7 Å². The Morgan fingerprint density at radius 2 is 0.400 bits per heavy atom. The molecule has 0 radical (unpaired) electrons. The molecule has 594 valence electrons. The Hall–Kier alpha value is -1.94. The number of hydrogen-bond acceptors (Lipinski definition) is 15. The molecule has 0 spiro atoms. The number of hydrogen-bond donors (Lipinski definition) is 3. The van der Waals surface area contributed by atoms with Crippen LogP contribution in [0, 0.1) is 0 Å². The van der Waals surface area contributed by atoms with Crippen molar-refractivity contribution >= 4 is 39.5 Å². The van der Waals surface area contributed by atoms with Crippen molar-refractivity contribution in [1.82, 2.24) is 0 Å². The summed E-state index contributed by atoms with van der Waals surface area (Å²) in [5.41, 5.74) is 0. The third kappa shape index (κ3) is 74.3. The van der Waals surface area contributed by atoms with E-state index in [1.165, 1.54) is 270 Å². The quantitative estimate of drug-likeness (QED) is 0.0222. The van der Waals surface area contributed by atoms with Gasteiger partial charge in [-0.1, -0.05) is 387 Å². The van der Waals surface area contributed by atoms with Gasteiger partial charge in [0.1, 0.15) is 19.3 Å². The first kappa shape index (κ1) is 98.1. The van der Waals surface area contributed by atoms with Crippen molar-refractivity contribution in [3.8, 4) is 0 Å². The summed E-state index contributed by atoms with van der Waals surface area (Å²) in [6, 6.07) is 0. The molecule has 19 heteroatoms. The Morgan fingerprint density at radius 3 is 0.590 bits per heavy atom. The van der Waals surface area contributed by atoms with E-state index in [1.54, 1.807) is 0 Å². The lowest BCUT2D eigenvalue weighted by Gasteiger charge is -2.21. The second-order valence-corrected chi connectivity index (χ2v) is 32.1. The predicted octanol–water partition coefficient (Wildman–Crippen LogP) is 24.6. The van der Waals surface area contributed by atoms with Crippen molar-refractivity contribution in [2.24, 2.45) is 0 Å². The Morgan fingerprint density at radius 1 is 0.240 bits per heavy atom. The van der Waals surface area contributed by atoms with Crippen molar-refractivity contribution in [3.05, 3.63) is 0 Å². The van der Waals surface area contributed by atoms with Crippen molar-refractivity contribution in [2.45, 2.75) is 457 Å². The Bertz CT molecular complexity index is 1890. The minimum absolute atomic E-state index is 0.109. The molecule has 2 unspecified atom stereocenters. The van der Waals surface area contributed by atoms with Crippen LogP contribution in [0.15, 0.2) is 0 Å². The molecule has 0 saturated heterocycles. The highest BCUT2D eigenvalue weighted by Crippen LogP contribution is 2.45. The maximum absolute atomic E-state index is 13.1. The molecule has 0 amide bonds. The van der Waals surface area contributed by atoms with Gasteiger partial charge in [-0.25, -0.2) is 9.13 Å². The molecule has 100 heavy (non-hydrogen) atoms. The average Bonchev–Trinajstić information content (AvgIpc) is 0.929. The smallest absolute Gasteiger partial charge is 0.462 e. The largest absolute Gasteiger partial charge is 0.472 e. The molecule has 0 aromatic rings. The molecule has 0 aliphatic heterocycles. The Balaban J connectivity index is 5.20. The second kappa shape index (κ2) is 75.3. The van der Waals surface area contributed by atoms with Crippen LogP contribution >= 0.6 is 15.6 Å². The average molecular weight is 1470 g/mol. The Kier molecular flexibility index (Phi) is 73.8. The van der Waals surface area contributed by atoms with Gasteiger partial charge in [-0.05, 0) is 25.7 Å². The molecule has 0 fully saturated rings. The van der Waals surface area contributed by atoms with Crippen LogP contribution in [-0.2, 0) is 65.4 Å². The first-order valence-electron chi connectivity index (χ1n) is 42.3. The van der Waals surface area contributed by atoms with Crippen molar-refractivity contribution in [2.75, 3.05) is 39.6 Å². The maximum Gasteiger partial charge on any atom is 0.472 e. The van der Waals surface area contributed by atoms with E-state index in [1.807, 2.05) is 0 Å². The van der Waals surface area contributed by atoms with Gasteiger partial charge in [0.15, 0.2) is 12.2 Å². The number of phosphoric acid groups is 2. The van der Waals surface area contributed by atoms with Gasteiger partial charge in [-0.3, -0.25) is 37.3 Å². The van der Waals surface area contributed by atoms with E-state index < -0.39 is 97.5 Å². The molecule has 0 heterocycles. The molecule has 0 rings (SSSR count). The molecule has 5 atom stereocenters. The van der Waals surface area contributed by atoms with E-state index >= 15 is 0 Å². The molecule has 0 saturated carbocycles. The molecule has 0 bridgehead atoms. The summed E-state index contributed by atoms with van der Waals surface area (Å²) < 4.78 is 68.7. The zero-order chi connectivity index (χ0) is 73.2. The van der Waals surface area contributed by atoms with Gasteiger partial charge in [0.25, 0.3) is 0 Å². The van der Waals surface area contributed by atoms with Gasteiger partial charge >= 0.3 is 39.5 Å². The summed E-state index contributed by atoms with van der Waals surface area (Å²) in [6.45, 7) is 5.02. The fraction of sp³-hybridized carbons (Fsp3) is 0.951. The lowest BCUT2D eigenvalue weighted by molar-refractivity contribution is -0.161. The van der Waals surface area contributed by atoms with Crippen molar-refractivity contribution in [1.29, 1.82) is 0 Å². The van der Waals surface area contributed by atoms with Crippen LogP contribution < -0.4 is 0 Å². The van der Waals surface area contributed by atoms with Crippen LogP contribution in [0.1, 0.15) is 439 Å². The summed E-state index contributed by atoms with van der Waals surface area (Å²) in [5.74, 6) is -2.10. The van der Waals surface area contributed by atoms with E-state index in [4.69, 9.17) is 37.0 Å². The SMILES string of the molecule is CCCCCCCCCCCCCCCCCCCCCCCCC(=O)O[C@H](COC(=O)CCCCCCCCCCCCCCC)COP(=O)(O)OC[C@@H](O)COP(=O)(O)OC[C@@H](COC(=O)CCCCCCCCCCCCCC)OC(=O)CCCCCCCCCCCCCCC. The van der Waals surface area contributed by atoms with Gasteiger partial charge < -0.3 is 33.8 Å². The van der Waals surface area contributed by atoms with E-state index in [0.717, 1.165) is 89.9 Å². The normalized spacial score (nSPS) is 13.8. The molecule has 17 nitrogen and oxygen atoms in total. The van der Waals surface area contributed by atoms with Crippen LogP contribution in [0.5, 0.6) is 0 Å². The summed E-state index contributed by atoms with van der Waals surface area (Å²) in [6.07, 6.45) is 67.9.